The average Bonchev–Trinajstić information content (AvgIpc) is 2.81. The first-order valence-corrected chi connectivity index (χ1v) is 7.58. The molecule has 102 valence electrons. The summed E-state index contributed by atoms with van der Waals surface area (Å²) in [4.78, 5) is 24.2. The van der Waals surface area contributed by atoms with E-state index < -0.39 is 17.8 Å². The Kier molecular flexibility index (Phi) is 4.76. The molecular formula is C13H14BrNO3S. The fourth-order valence-electron chi connectivity index (χ4n) is 2.13. The predicted molar refractivity (Wildman–Crippen MR) is 76.9 cm³/mol. The summed E-state index contributed by atoms with van der Waals surface area (Å²) in [5, 5.41) is 11.9. The first kappa shape index (κ1) is 14.3. The van der Waals surface area contributed by atoms with Crippen LogP contribution in [0.1, 0.15) is 17.7 Å². The van der Waals surface area contributed by atoms with Gasteiger partial charge in [0.05, 0.1) is 22.2 Å². The first-order valence-electron chi connectivity index (χ1n) is 5.97. The molecular weight excluding hydrogens is 330 g/mol. The molecule has 1 aliphatic carbocycles. The van der Waals surface area contributed by atoms with E-state index in [1.807, 2.05) is 24.3 Å². The molecule has 6 heteroatoms. The maximum absolute atomic E-state index is 12.1. The summed E-state index contributed by atoms with van der Waals surface area (Å²) in [6.07, 6.45) is 4.64. The van der Waals surface area contributed by atoms with Crippen molar-refractivity contribution in [3.05, 3.63) is 32.9 Å². The minimum absolute atomic E-state index is 0.179. The minimum atomic E-state index is -0.900. The van der Waals surface area contributed by atoms with E-state index in [-0.39, 0.29) is 5.91 Å². The summed E-state index contributed by atoms with van der Waals surface area (Å²) in [6.45, 7) is 0.446. The second-order valence-corrected chi connectivity index (χ2v) is 6.97. The highest BCUT2D eigenvalue weighted by Gasteiger charge is 2.33. The Morgan fingerprint density at radius 2 is 2.00 bits per heavy atom. The van der Waals surface area contributed by atoms with Crippen molar-refractivity contribution in [2.75, 3.05) is 0 Å². The highest BCUT2D eigenvalue weighted by atomic mass is 79.9. The third-order valence-electron chi connectivity index (χ3n) is 3.15. The van der Waals surface area contributed by atoms with E-state index in [1.165, 1.54) is 0 Å². The van der Waals surface area contributed by atoms with E-state index in [0.717, 1.165) is 8.66 Å². The summed E-state index contributed by atoms with van der Waals surface area (Å²) in [7, 11) is 0. The van der Waals surface area contributed by atoms with Gasteiger partial charge in [-0.3, -0.25) is 9.59 Å². The van der Waals surface area contributed by atoms with Crippen LogP contribution in [0.5, 0.6) is 0 Å². The first-order chi connectivity index (χ1) is 9.08. The van der Waals surface area contributed by atoms with Gasteiger partial charge in [-0.25, -0.2) is 0 Å². The molecule has 1 aliphatic rings. The molecule has 1 aromatic rings. The van der Waals surface area contributed by atoms with Crippen LogP contribution in [-0.2, 0) is 16.1 Å². The molecule has 4 nitrogen and oxygen atoms in total. The lowest BCUT2D eigenvalue weighted by Crippen LogP contribution is -2.38. The summed E-state index contributed by atoms with van der Waals surface area (Å²) < 4.78 is 1.01. The van der Waals surface area contributed by atoms with Crippen molar-refractivity contribution in [1.82, 2.24) is 5.32 Å². The molecule has 2 rings (SSSR count). The average molecular weight is 344 g/mol. The number of halogens is 1. The van der Waals surface area contributed by atoms with Gasteiger partial charge < -0.3 is 10.4 Å². The van der Waals surface area contributed by atoms with Gasteiger partial charge in [0, 0.05) is 4.88 Å². The largest absolute Gasteiger partial charge is 0.481 e. The molecule has 19 heavy (non-hydrogen) atoms. The molecule has 0 saturated heterocycles. The quantitative estimate of drug-likeness (QED) is 0.826. The van der Waals surface area contributed by atoms with Gasteiger partial charge in [0.25, 0.3) is 0 Å². The van der Waals surface area contributed by atoms with Gasteiger partial charge in [-0.05, 0) is 40.9 Å². The lowest BCUT2D eigenvalue weighted by Gasteiger charge is -2.24. The molecule has 1 amide bonds. The van der Waals surface area contributed by atoms with Crippen molar-refractivity contribution >= 4 is 39.1 Å². The van der Waals surface area contributed by atoms with Crippen LogP contribution in [0.2, 0.25) is 0 Å². The maximum Gasteiger partial charge on any atom is 0.307 e. The Hall–Kier alpha value is -1.14. The third kappa shape index (κ3) is 3.67. The molecule has 0 bridgehead atoms. The van der Waals surface area contributed by atoms with Gasteiger partial charge in [-0.2, -0.15) is 0 Å². The van der Waals surface area contributed by atoms with Gasteiger partial charge >= 0.3 is 5.97 Å². The number of rotatable bonds is 4. The van der Waals surface area contributed by atoms with Crippen LogP contribution in [-0.4, -0.2) is 17.0 Å². The van der Waals surface area contributed by atoms with Crippen LogP contribution in [0.3, 0.4) is 0 Å². The van der Waals surface area contributed by atoms with Crippen molar-refractivity contribution in [3.63, 3.8) is 0 Å². The number of hydrogen-bond acceptors (Lipinski definition) is 3. The zero-order valence-electron chi connectivity index (χ0n) is 10.1. The highest BCUT2D eigenvalue weighted by molar-refractivity contribution is 9.11. The molecule has 0 fully saturated rings. The van der Waals surface area contributed by atoms with Crippen molar-refractivity contribution < 1.29 is 14.7 Å². The van der Waals surface area contributed by atoms with Crippen LogP contribution < -0.4 is 5.32 Å². The molecule has 2 unspecified atom stereocenters. The number of hydrogen-bond donors (Lipinski definition) is 2. The SMILES string of the molecule is O=C(O)C1CC=CCC1C(=O)NCc1ccc(Br)s1. The fourth-order valence-corrected chi connectivity index (χ4v) is 3.55. The Morgan fingerprint density at radius 3 is 2.58 bits per heavy atom. The van der Waals surface area contributed by atoms with E-state index in [4.69, 9.17) is 5.11 Å². The zero-order chi connectivity index (χ0) is 13.8. The van der Waals surface area contributed by atoms with E-state index in [0.29, 0.717) is 19.4 Å². The third-order valence-corrected chi connectivity index (χ3v) is 4.78. The Bertz CT molecular complexity index is 512. The second-order valence-electron chi connectivity index (χ2n) is 4.42. The number of carboxylic acids is 1. The summed E-state index contributed by atoms with van der Waals surface area (Å²) in [5.41, 5.74) is 0. The number of amides is 1. The molecule has 0 saturated carbocycles. The fraction of sp³-hybridized carbons (Fsp3) is 0.385. The standard InChI is InChI=1S/C13H14BrNO3S/c14-11-6-5-8(19-11)7-15-12(16)9-3-1-2-4-10(9)13(17)18/h1-2,5-6,9-10H,3-4,7H2,(H,15,16)(H,17,18). The molecule has 0 spiro atoms. The molecule has 0 radical (unpaired) electrons. The normalized spacial score (nSPS) is 22.2. The Morgan fingerprint density at radius 1 is 1.32 bits per heavy atom. The van der Waals surface area contributed by atoms with Crippen LogP contribution in [0, 0.1) is 11.8 Å². The molecule has 2 N–H and O–H groups in total. The maximum atomic E-state index is 12.1. The monoisotopic (exact) mass is 343 g/mol. The Labute approximate surface area is 123 Å². The minimum Gasteiger partial charge on any atom is -0.481 e. The molecule has 1 heterocycles. The van der Waals surface area contributed by atoms with Crippen LogP contribution in [0.25, 0.3) is 0 Å². The summed E-state index contributed by atoms with van der Waals surface area (Å²) in [5.74, 6) is -2.16. The van der Waals surface area contributed by atoms with Gasteiger partial charge in [0.1, 0.15) is 0 Å². The van der Waals surface area contributed by atoms with Crippen LogP contribution in [0.15, 0.2) is 28.1 Å². The van der Waals surface area contributed by atoms with E-state index in [2.05, 4.69) is 21.2 Å². The van der Waals surface area contributed by atoms with E-state index in [1.54, 1.807) is 11.3 Å². The van der Waals surface area contributed by atoms with Gasteiger partial charge in [0.2, 0.25) is 5.91 Å². The number of carbonyl (C=O) groups is 2. The van der Waals surface area contributed by atoms with Gasteiger partial charge in [0.15, 0.2) is 0 Å². The molecule has 0 aliphatic heterocycles. The van der Waals surface area contributed by atoms with Crippen molar-refractivity contribution in [2.24, 2.45) is 11.8 Å². The van der Waals surface area contributed by atoms with Crippen molar-refractivity contribution in [2.45, 2.75) is 19.4 Å². The summed E-state index contributed by atoms with van der Waals surface area (Å²) in [6, 6.07) is 3.86. The second kappa shape index (κ2) is 6.34. The van der Waals surface area contributed by atoms with Crippen molar-refractivity contribution in [3.8, 4) is 0 Å². The van der Waals surface area contributed by atoms with Gasteiger partial charge in [-0.15, -0.1) is 11.3 Å². The lowest BCUT2D eigenvalue weighted by atomic mass is 9.82. The predicted octanol–water partition coefficient (Wildman–Crippen LogP) is 2.79. The highest BCUT2D eigenvalue weighted by Crippen LogP contribution is 2.26. The molecule has 2 atom stereocenters. The number of allylic oxidation sites excluding steroid dienone is 2. The lowest BCUT2D eigenvalue weighted by molar-refractivity contribution is -0.147. The van der Waals surface area contributed by atoms with Crippen molar-refractivity contribution in [1.29, 1.82) is 0 Å². The molecule has 0 aromatic carbocycles. The topological polar surface area (TPSA) is 66.4 Å². The van der Waals surface area contributed by atoms with Crippen LogP contribution in [0.4, 0.5) is 0 Å². The van der Waals surface area contributed by atoms with E-state index >= 15 is 0 Å². The Balaban J connectivity index is 1.95. The zero-order valence-corrected chi connectivity index (χ0v) is 12.5. The summed E-state index contributed by atoms with van der Waals surface area (Å²) >= 11 is 4.92. The van der Waals surface area contributed by atoms with Gasteiger partial charge in [-0.1, -0.05) is 12.2 Å². The number of nitrogens with one attached hydrogen (secondary N) is 1. The number of thiophene rings is 1. The van der Waals surface area contributed by atoms with E-state index in [9.17, 15) is 9.59 Å². The van der Waals surface area contributed by atoms with Crippen LogP contribution >= 0.6 is 27.3 Å². The number of aliphatic carboxylic acids is 1. The number of carboxylic acid groups (broad SMARTS) is 1. The molecule has 1 aromatic heterocycles. The smallest absolute Gasteiger partial charge is 0.307 e. The number of carbonyl (C=O) groups excluding carboxylic acids is 1.